The van der Waals surface area contributed by atoms with Crippen molar-refractivity contribution in [3.63, 3.8) is 0 Å². The van der Waals surface area contributed by atoms with Gasteiger partial charge in [-0.2, -0.15) is 12.7 Å². The van der Waals surface area contributed by atoms with Crippen LogP contribution >= 0.6 is 0 Å². The molecule has 0 saturated carbocycles. The molecule has 5 nitrogen and oxygen atoms in total. The van der Waals surface area contributed by atoms with Crippen molar-refractivity contribution in [2.45, 2.75) is 26.2 Å². The van der Waals surface area contributed by atoms with E-state index in [0.717, 1.165) is 31.5 Å². The van der Waals surface area contributed by atoms with Crippen LogP contribution in [0, 0.1) is 5.92 Å². The molecule has 1 heterocycles. The highest BCUT2D eigenvalue weighted by Gasteiger charge is 2.25. The molecule has 0 radical (unpaired) electrons. The zero-order chi connectivity index (χ0) is 16.0. The molecule has 0 aromatic heterocycles. The second kappa shape index (κ2) is 7.94. The van der Waals surface area contributed by atoms with Crippen LogP contribution in [0.2, 0.25) is 0 Å². The maximum Gasteiger partial charge on any atom is 0.279 e. The van der Waals surface area contributed by atoms with Crippen LogP contribution in [0.25, 0.3) is 0 Å². The Bertz CT molecular complexity index is 540. The number of piperidine rings is 1. The largest absolute Gasteiger partial charge is 0.375 e. The highest BCUT2D eigenvalue weighted by molar-refractivity contribution is 7.87. The number of nitrogens with one attached hydrogen (secondary N) is 1. The van der Waals surface area contributed by atoms with Crippen LogP contribution in [0.5, 0.6) is 0 Å². The van der Waals surface area contributed by atoms with Gasteiger partial charge >= 0.3 is 0 Å². The Hall–Kier alpha value is -1.11. The van der Waals surface area contributed by atoms with E-state index in [1.165, 1.54) is 0 Å². The molecule has 6 heteroatoms. The molecule has 0 amide bonds. The number of nitrogens with zero attached hydrogens (tertiary/aromatic N) is 2. The molecule has 2 rings (SSSR count). The lowest BCUT2D eigenvalue weighted by molar-refractivity contribution is 0.285. The Labute approximate surface area is 134 Å². The molecule has 0 unspecified atom stereocenters. The monoisotopic (exact) mass is 325 g/mol. The molecule has 1 aromatic carbocycles. The Kier molecular flexibility index (Phi) is 6.23. The minimum absolute atomic E-state index is 0.478. The molecular weight excluding hydrogens is 298 g/mol. The Morgan fingerprint density at radius 1 is 1.23 bits per heavy atom. The lowest BCUT2D eigenvalue weighted by Gasteiger charge is -2.29. The van der Waals surface area contributed by atoms with Crippen molar-refractivity contribution in [2.75, 3.05) is 38.1 Å². The van der Waals surface area contributed by atoms with E-state index < -0.39 is 10.2 Å². The number of benzene rings is 1. The first kappa shape index (κ1) is 17.2. The number of hydrogen-bond acceptors (Lipinski definition) is 3. The summed E-state index contributed by atoms with van der Waals surface area (Å²) in [6.45, 7) is 4.76. The third-order valence-corrected chi connectivity index (χ3v) is 5.85. The molecule has 1 saturated heterocycles. The number of para-hydroxylation sites is 1. The van der Waals surface area contributed by atoms with Crippen LogP contribution in [0.4, 0.5) is 5.69 Å². The fourth-order valence-electron chi connectivity index (χ4n) is 2.65. The summed E-state index contributed by atoms with van der Waals surface area (Å²) in [5.41, 5.74) is 1.15. The van der Waals surface area contributed by atoms with Crippen molar-refractivity contribution in [2.24, 2.45) is 5.92 Å². The van der Waals surface area contributed by atoms with Crippen LogP contribution in [0.3, 0.4) is 0 Å². The van der Waals surface area contributed by atoms with Gasteiger partial charge in [0.2, 0.25) is 0 Å². The highest BCUT2D eigenvalue weighted by atomic mass is 32.2. The average Bonchev–Trinajstić information content (AvgIpc) is 2.52. The zero-order valence-corrected chi connectivity index (χ0v) is 14.3. The summed E-state index contributed by atoms with van der Waals surface area (Å²) in [7, 11) is -1.28. The standard InChI is InChI=1S/C16H27N3O2S/c1-15-9-13-19(14-10-15)22(20,21)17-11-6-12-18(2)16-7-4-3-5-8-16/h3-5,7-8,15,17H,6,9-14H2,1-2H3. The molecule has 0 spiro atoms. The van der Waals surface area contributed by atoms with E-state index in [0.29, 0.717) is 25.6 Å². The predicted octanol–water partition coefficient (Wildman–Crippen LogP) is 2.08. The Balaban J connectivity index is 1.71. The summed E-state index contributed by atoms with van der Waals surface area (Å²) in [6.07, 6.45) is 2.70. The summed E-state index contributed by atoms with van der Waals surface area (Å²) in [5, 5.41) is 0. The first-order valence-electron chi connectivity index (χ1n) is 8.00. The number of anilines is 1. The van der Waals surface area contributed by atoms with Gasteiger partial charge in [-0.1, -0.05) is 25.1 Å². The molecular formula is C16H27N3O2S. The van der Waals surface area contributed by atoms with E-state index >= 15 is 0 Å². The fraction of sp³-hybridized carbons (Fsp3) is 0.625. The smallest absolute Gasteiger partial charge is 0.279 e. The van der Waals surface area contributed by atoms with Crippen molar-refractivity contribution >= 4 is 15.9 Å². The Morgan fingerprint density at radius 3 is 2.50 bits per heavy atom. The number of hydrogen-bond donors (Lipinski definition) is 1. The summed E-state index contributed by atoms with van der Waals surface area (Å²) in [5.74, 6) is 0.631. The van der Waals surface area contributed by atoms with Gasteiger partial charge < -0.3 is 4.90 Å². The van der Waals surface area contributed by atoms with Gasteiger partial charge in [-0.25, -0.2) is 4.72 Å². The molecule has 1 fully saturated rings. The van der Waals surface area contributed by atoms with Gasteiger partial charge in [-0.3, -0.25) is 0 Å². The van der Waals surface area contributed by atoms with Gasteiger partial charge in [0, 0.05) is 38.9 Å². The molecule has 1 aromatic rings. The average molecular weight is 325 g/mol. The molecule has 0 atom stereocenters. The van der Waals surface area contributed by atoms with E-state index in [1.807, 2.05) is 25.2 Å². The van der Waals surface area contributed by atoms with Crippen molar-refractivity contribution in [3.05, 3.63) is 30.3 Å². The minimum Gasteiger partial charge on any atom is -0.375 e. The van der Waals surface area contributed by atoms with Gasteiger partial charge in [0.05, 0.1) is 0 Å². The van der Waals surface area contributed by atoms with Gasteiger partial charge in [-0.15, -0.1) is 0 Å². The molecule has 0 bridgehead atoms. The quantitative estimate of drug-likeness (QED) is 0.781. The van der Waals surface area contributed by atoms with Crippen LogP contribution in [0.1, 0.15) is 26.2 Å². The summed E-state index contributed by atoms with van der Waals surface area (Å²) in [6, 6.07) is 10.1. The normalized spacial score (nSPS) is 17.5. The van der Waals surface area contributed by atoms with Crippen molar-refractivity contribution in [1.82, 2.24) is 9.03 Å². The topological polar surface area (TPSA) is 52.7 Å². The van der Waals surface area contributed by atoms with E-state index in [4.69, 9.17) is 0 Å². The maximum absolute atomic E-state index is 12.2. The lowest BCUT2D eigenvalue weighted by Crippen LogP contribution is -2.45. The third-order valence-electron chi connectivity index (χ3n) is 4.23. The molecule has 124 valence electrons. The first-order chi connectivity index (χ1) is 10.5. The van der Waals surface area contributed by atoms with Crippen LogP contribution < -0.4 is 9.62 Å². The number of rotatable bonds is 7. The van der Waals surface area contributed by atoms with Crippen LogP contribution in [-0.2, 0) is 10.2 Å². The molecule has 1 aliphatic heterocycles. The van der Waals surface area contributed by atoms with E-state index in [1.54, 1.807) is 4.31 Å². The Morgan fingerprint density at radius 2 is 1.86 bits per heavy atom. The van der Waals surface area contributed by atoms with Gasteiger partial charge in [0.15, 0.2) is 0 Å². The van der Waals surface area contributed by atoms with Crippen molar-refractivity contribution in [3.8, 4) is 0 Å². The molecule has 22 heavy (non-hydrogen) atoms. The zero-order valence-electron chi connectivity index (χ0n) is 13.5. The van der Waals surface area contributed by atoms with E-state index in [9.17, 15) is 8.42 Å². The molecule has 1 N–H and O–H groups in total. The summed E-state index contributed by atoms with van der Waals surface area (Å²) < 4.78 is 28.7. The van der Waals surface area contributed by atoms with Crippen LogP contribution in [-0.4, -0.2) is 45.9 Å². The minimum atomic E-state index is -3.30. The van der Waals surface area contributed by atoms with Crippen molar-refractivity contribution < 1.29 is 8.42 Å². The molecule has 0 aliphatic carbocycles. The van der Waals surface area contributed by atoms with Crippen LogP contribution in [0.15, 0.2) is 30.3 Å². The fourth-order valence-corrected chi connectivity index (χ4v) is 3.92. The highest BCUT2D eigenvalue weighted by Crippen LogP contribution is 2.18. The van der Waals surface area contributed by atoms with Gasteiger partial charge in [-0.05, 0) is 37.3 Å². The van der Waals surface area contributed by atoms with E-state index in [-0.39, 0.29) is 0 Å². The molecule has 1 aliphatic rings. The first-order valence-corrected chi connectivity index (χ1v) is 9.44. The SMILES string of the molecule is CC1CCN(S(=O)(=O)NCCCN(C)c2ccccc2)CC1. The summed E-state index contributed by atoms with van der Waals surface area (Å²) >= 11 is 0. The third kappa shape index (κ3) is 4.97. The van der Waals surface area contributed by atoms with Gasteiger partial charge in [0.1, 0.15) is 0 Å². The van der Waals surface area contributed by atoms with Crippen molar-refractivity contribution in [1.29, 1.82) is 0 Å². The van der Waals surface area contributed by atoms with Gasteiger partial charge in [0.25, 0.3) is 10.2 Å². The lowest BCUT2D eigenvalue weighted by atomic mass is 10.0. The summed E-state index contributed by atoms with van der Waals surface area (Å²) in [4.78, 5) is 2.14. The second-order valence-electron chi connectivity index (χ2n) is 6.09. The second-order valence-corrected chi connectivity index (χ2v) is 7.85. The van der Waals surface area contributed by atoms with E-state index in [2.05, 4.69) is 28.7 Å². The predicted molar refractivity (Wildman–Crippen MR) is 91.2 cm³/mol. The maximum atomic E-state index is 12.2.